The van der Waals surface area contributed by atoms with Crippen molar-refractivity contribution in [3.63, 3.8) is 0 Å². The van der Waals surface area contributed by atoms with E-state index in [1.807, 2.05) is 19.9 Å². The number of hydrogen-bond acceptors (Lipinski definition) is 7. The fraction of sp³-hybridized carbons (Fsp3) is 0.357. The Morgan fingerprint density at radius 3 is 2.41 bits per heavy atom. The Morgan fingerprint density at radius 2 is 1.72 bits per heavy atom. The Hall–Kier alpha value is -4.38. The number of aromatic nitrogens is 3. The zero-order chi connectivity index (χ0) is 27.5. The molecule has 1 atom stereocenters. The Morgan fingerprint density at radius 1 is 1.00 bits per heavy atom. The summed E-state index contributed by atoms with van der Waals surface area (Å²) in [6.45, 7) is 7.30. The first kappa shape index (κ1) is 24.9. The van der Waals surface area contributed by atoms with Gasteiger partial charge in [0, 0.05) is 30.3 Å². The zero-order valence-corrected chi connectivity index (χ0v) is 21.9. The largest absolute Gasteiger partial charge is 0.483 e. The van der Waals surface area contributed by atoms with E-state index in [1.165, 1.54) is 16.3 Å². The molecule has 1 unspecified atom stereocenters. The number of fused-ring (bicyclic) bond motifs is 5. The van der Waals surface area contributed by atoms with E-state index in [1.54, 1.807) is 47.4 Å². The monoisotopic (exact) mass is 532 g/mol. The van der Waals surface area contributed by atoms with Gasteiger partial charge in [0.15, 0.2) is 5.78 Å². The molecule has 3 aliphatic heterocycles. The SMILES string of the molecule is CC(=O)c1ccc(-n2c(=O)n3n(c2=O)C2C(=CC3)C(C)(C)Oc3cc(OC(=O)N4CCOCC4)ccc32)cc1. The van der Waals surface area contributed by atoms with Crippen LogP contribution in [-0.2, 0) is 11.3 Å². The first-order valence-corrected chi connectivity index (χ1v) is 12.8. The number of allylic oxidation sites excluding steroid dienone is 1. The van der Waals surface area contributed by atoms with E-state index in [9.17, 15) is 19.2 Å². The molecule has 0 spiro atoms. The van der Waals surface area contributed by atoms with Crippen molar-refractivity contribution in [2.24, 2.45) is 0 Å². The van der Waals surface area contributed by atoms with Gasteiger partial charge >= 0.3 is 17.5 Å². The molecule has 1 amide bonds. The molecule has 39 heavy (non-hydrogen) atoms. The molecule has 0 N–H and O–H groups in total. The summed E-state index contributed by atoms with van der Waals surface area (Å²) in [6, 6.07) is 10.9. The van der Waals surface area contributed by atoms with Crippen LogP contribution in [0, 0.1) is 0 Å². The quantitative estimate of drug-likeness (QED) is 0.376. The van der Waals surface area contributed by atoms with Gasteiger partial charge in [-0.05, 0) is 62.7 Å². The maximum absolute atomic E-state index is 13.8. The van der Waals surface area contributed by atoms with Crippen LogP contribution in [0.15, 0.2) is 63.7 Å². The molecule has 3 aliphatic rings. The Bertz CT molecular complexity index is 1640. The molecule has 6 rings (SSSR count). The Labute approximate surface area is 223 Å². The zero-order valence-electron chi connectivity index (χ0n) is 21.9. The van der Waals surface area contributed by atoms with Crippen LogP contribution < -0.4 is 20.9 Å². The van der Waals surface area contributed by atoms with Crippen LogP contribution in [0.3, 0.4) is 0 Å². The minimum absolute atomic E-state index is 0.105. The van der Waals surface area contributed by atoms with Crippen molar-refractivity contribution in [3.05, 3.63) is 86.2 Å². The second-order valence-corrected chi connectivity index (χ2v) is 10.3. The van der Waals surface area contributed by atoms with Gasteiger partial charge in [-0.2, -0.15) is 0 Å². The van der Waals surface area contributed by atoms with Crippen LogP contribution in [0.25, 0.3) is 5.69 Å². The van der Waals surface area contributed by atoms with E-state index in [2.05, 4.69) is 0 Å². The third-order valence-corrected chi connectivity index (χ3v) is 7.43. The molecule has 4 heterocycles. The van der Waals surface area contributed by atoms with Crippen LogP contribution in [0.1, 0.15) is 42.7 Å². The van der Waals surface area contributed by atoms with E-state index in [-0.39, 0.29) is 12.3 Å². The molecule has 11 heteroatoms. The molecule has 1 saturated heterocycles. The number of benzene rings is 2. The van der Waals surface area contributed by atoms with Crippen molar-refractivity contribution in [1.29, 1.82) is 0 Å². The third kappa shape index (κ3) is 4.09. The van der Waals surface area contributed by atoms with Crippen LogP contribution in [0.5, 0.6) is 11.5 Å². The minimum atomic E-state index is -0.795. The summed E-state index contributed by atoms with van der Waals surface area (Å²) < 4.78 is 21.2. The average Bonchev–Trinajstić information content (AvgIpc) is 3.18. The first-order valence-electron chi connectivity index (χ1n) is 12.8. The fourth-order valence-corrected chi connectivity index (χ4v) is 5.42. The van der Waals surface area contributed by atoms with E-state index in [0.29, 0.717) is 54.6 Å². The van der Waals surface area contributed by atoms with Crippen LogP contribution in [-0.4, -0.2) is 62.6 Å². The van der Waals surface area contributed by atoms with Crippen LogP contribution in [0.4, 0.5) is 4.79 Å². The van der Waals surface area contributed by atoms with Gasteiger partial charge in [-0.1, -0.05) is 6.08 Å². The van der Waals surface area contributed by atoms with Crippen molar-refractivity contribution in [2.45, 2.75) is 39.0 Å². The highest BCUT2D eigenvalue weighted by Gasteiger charge is 2.44. The fourth-order valence-electron chi connectivity index (χ4n) is 5.42. The number of ketones is 1. The molecule has 3 aromatic rings. The van der Waals surface area contributed by atoms with Gasteiger partial charge in [0.05, 0.1) is 25.4 Å². The second kappa shape index (κ2) is 9.12. The number of nitrogens with zero attached hydrogens (tertiary/aromatic N) is 4. The Kier molecular flexibility index (Phi) is 5.83. The van der Waals surface area contributed by atoms with Crippen molar-refractivity contribution < 1.29 is 23.8 Å². The molecule has 0 saturated carbocycles. The highest BCUT2D eigenvalue weighted by Crippen LogP contribution is 2.47. The van der Waals surface area contributed by atoms with Gasteiger partial charge in [-0.15, -0.1) is 0 Å². The summed E-state index contributed by atoms with van der Waals surface area (Å²) in [5, 5.41) is 0. The molecule has 1 aromatic heterocycles. The lowest BCUT2D eigenvalue weighted by atomic mass is 9.83. The lowest BCUT2D eigenvalue weighted by molar-refractivity contribution is 0.0415. The third-order valence-electron chi connectivity index (χ3n) is 7.43. The number of carbonyl (C=O) groups is 2. The number of amides is 1. The predicted octanol–water partition coefficient (Wildman–Crippen LogP) is 2.53. The number of hydrogen-bond donors (Lipinski definition) is 0. The van der Waals surface area contributed by atoms with Gasteiger partial charge in [-0.25, -0.2) is 28.3 Å². The number of carbonyl (C=O) groups excluding carboxylic acids is 2. The minimum Gasteiger partial charge on any atom is -0.483 e. The summed E-state index contributed by atoms with van der Waals surface area (Å²) in [6.07, 6.45) is 1.45. The molecule has 0 bridgehead atoms. The lowest BCUT2D eigenvalue weighted by Gasteiger charge is -2.42. The van der Waals surface area contributed by atoms with E-state index in [4.69, 9.17) is 14.2 Å². The smallest absolute Gasteiger partial charge is 0.415 e. The molecule has 202 valence electrons. The highest BCUT2D eigenvalue weighted by atomic mass is 16.6. The Balaban J connectivity index is 1.41. The molecular weight excluding hydrogens is 504 g/mol. The molecule has 1 fully saturated rings. The molecule has 11 nitrogen and oxygen atoms in total. The van der Waals surface area contributed by atoms with Crippen LogP contribution >= 0.6 is 0 Å². The summed E-state index contributed by atoms with van der Waals surface area (Å²) in [5.41, 5.74) is 0.611. The molecule has 2 aromatic carbocycles. The highest BCUT2D eigenvalue weighted by molar-refractivity contribution is 5.94. The van der Waals surface area contributed by atoms with Gasteiger partial charge in [0.1, 0.15) is 23.1 Å². The standard InChI is InChI=1S/C28H28N4O7/c1-17(33)18-4-6-19(7-5-18)31-25(34)30-11-10-22-24(32(30)26(31)35)21-9-8-20(16-23(21)39-28(22,2)3)38-27(36)29-12-14-37-15-13-29/h4-10,16,24H,11-15H2,1-3H3. The first-order chi connectivity index (χ1) is 18.7. The maximum atomic E-state index is 13.8. The predicted molar refractivity (Wildman–Crippen MR) is 140 cm³/mol. The van der Waals surface area contributed by atoms with Gasteiger partial charge in [-0.3, -0.25) is 4.79 Å². The number of ether oxygens (including phenoxy) is 3. The topological polar surface area (TPSA) is 114 Å². The van der Waals surface area contributed by atoms with Crippen molar-refractivity contribution in [3.8, 4) is 17.2 Å². The normalized spacial score (nSPS) is 19.2. The van der Waals surface area contributed by atoms with Crippen molar-refractivity contribution in [2.75, 3.05) is 26.3 Å². The average molecular weight is 533 g/mol. The van der Waals surface area contributed by atoms with E-state index < -0.39 is 29.1 Å². The maximum Gasteiger partial charge on any atom is 0.415 e. The van der Waals surface area contributed by atoms with E-state index in [0.717, 1.165) is 10.1 Å². The van der Waals surface area contributed by atoms with Gasteiger partial charge in [0.25, 0.3) is 0 Å². The number of morpholine rings is 1. The summed E-state index contributed by atoms with van der Waals surface area (Å²) in [4.78, 5) is 53.1. The van der Waals surface area contributed by atoms with Gasteiger partial charge < -0.3 is 19.1 Å². The molecular formula is C28H28N4O7. The van der Waals surface area contributed by atoms with E-state index >= 15 is 0 Å². The van der Waals surface area contributed by atoms with Crippen LogP contribution in [0.2, 0.25) is 0 Å². The number of rotatable bonds is 3. The number of Topliss-reactive ketones (excluding diaryl/α,β-unsaturated/α-hetero) is 1. The molecule has 0 radical (unpaired) electrons. The summed E-state index contributed by atoms with van der Waals surface area (Å²) in [5.74, 6) is 0.671. The summed E-state index contributed by atoms with van der Waals surface area (Å²) >= 11 is 0. The van der Waals surface area contributed by atoms with Gasteiger partial charge in [0.2, 0.25) is 0 Å². The van der Waals surface area contributed by atoms with Crippen molar-refractivity contribution >= 4 is 11.9 Å². The lowest BCUT2D eigenvalue weighted by Crippen LogP contribution is -2.46. The molecule has 0 aliphatic carbocycles. The summed E-state index contributed by atoms with van der Waals surface area (Å²) in [7, 11) is 0. The van der Waals surface area contributed by atoms with Crippen molar-refractivity contribution in [1.82, 2.24) is 18.8 Å². The second-order valence-electron chi connectivity index (χ2n) is 10.3.